The summed E-state index contributed by atoms with van der Waals surface area (Å²) in [7, 11) is 0. The fraction of sp³-hybridized carbons (Fsp3) is 0.792. The van der Waals surface area contributed by atoms with Crippen LogP contribution in [0.2, 0.25) is 0 Å². The van der Waals surface area contributed by atoms with E-state index in [1.54, 1.807) is 5.32 Å². The highest BCUT2D eigenvalue weighted by Gasteiger charge is 2.61. The molecule has 38 heavy (non-hydrogen) atoms. The molecule has 4 amide bonds. The second-order valence-electron chi connectivity index (χ2n) is 10.8. The summed E-state index contributed by atoms with van der Waals surface area (Å²) in [5.74, 6) is -10.2. The number of hydrogen-bond donors (Lipinski definition) is 3. The maximum absolute atomic E-state index is 14.9. The lowest BCUT2D eigenvalue weighted by Gasteiger charge is -2.54. The third-order valence-electron chi connectivity index (χ3n) is 7.98. The van der Waals surface area contributed by atoms with Crippen molar-refractivity contribution >= 4 is 23.6 Å². The van der Waals surface area contributed by atoms with E-state index in [1.807, 2.05) is 6.07 Å². The van der Waals surface area contributed by atoms with E-state index in [9.17, 15) is 46.4 Å². The van der Waals surface area contributed by atoms with Gasteiger partial charge in [0.25, 0.3) is 5.92 Å². The SMILES string of the molecule is N#C[C@H](C[C@H]1CCCNC1=O)NC(=O)[C@H]1[C@@H]2CC[C@@H](CC2(F)F)N1C(=O)[C@H](CC1CC1)NC(=O)C(F)(F)F. The van der Waals surface area contributed by atoms with E-state index < -0.39 is 72.2 Å². The van der Waals surface area contributed by atoms with Gasteiger partial charge < -0.3 is 20.9 Å². The quantitative estimate of drug-likeness (QED) is 0.399. The van der Waals surface area contributed by atoms with Gasteiger partial charge in [-0.2, -0.15) is 18.4 Å². The van der Waals surface area contributed by atoms with Crippen LogP contribution in [0.3, 0.4) is 0 Å². The highest BCUT2D eigenvalue weighted by molar-refractivity contribution is 5.94. The van der Waals surface area contributed by atoms with Crippen molar-refractivity contribution in [3.8, 4) is 6.07 Å². The molecule has 14 heteroatoms. The molecule has 210 valence electrons. The second-order valence-corrected chi connectivity index (χ2v) is 10.8. The summed E-state index contributed by atoms with van der Waals surface area (Å²) < 4.78 is 68.8. The molecule has 9 nitrogen and oxygen atoms in total. The van der Waals surface area contributed by atoms with Crippen molar-refractivity contribution in [3.63, 3.8) is 0 Å². The number of carbonyl (C=O) groups is 4. The van der Waals surface area contributed by atoms with E-state index in [-0.39, 0.29) is 37.5 Å². The van der Waals surface area contributed by atoms with Gasteiger partial charge in [0, 0.05) is 24.9 Å². The highest BCUT2D eigenvalue weighted by Crippen LogP contribution is 2.49. The molecule has 5 fully saturated rings. The van der Waals surface area contributed by atoms with Gasteiger partial charge >= 0.3 is 12.1 Å². The average molecular weight is 548 g/mol. The van der Waals surface area contributed by atoms with Crippen LogP contribution in [0.5, 0.6) is 0 Å². The van der Waals surface area contributed by atoms with Gasteiger partial charge in [-0.1, -0.05) is 12.8 Å². The number of nitrogens with zero attached hydrogens (tertiary/aromatic N) is 2. The van der Waals surface area contributed by atoms with Crippen LogP contribution in [0.25, 0.3) is 0 Å². The molecule has 0 aromatic rings. The third-order valence-corrected chi connectivity index (χ3v) is 7.98. The molecule has 3 heterocycles. The van der Waals surface area contributed by atoms with E-state index in [2.05, 4.69) is 10.6 Å². The topological polar surface area (TPSA) is 131 Å². The lowest BCUT2D eigenvalue weighted by molar-refractivity contribution is -0.196. The van der Waals surface area contributed by atoms with Crippen molar-refractivity contribution in [1.82, 2.24) is 20.9 Å². The number of nitriles is 1. The number of nitrogens with one attached hydrogen (secondary N) is 3. The predicted molar refractivity (Wildman–Crippen MR) is 120 cm³/mol. The van der Waals surface area contributed by atoms with Gasteiger partial charge in [0.2, 0.25) is 17.7 Å². The average Bonchev–Trinajstić information content (AvgIpc) is 3.66. The number of alkyl halides is 5. The number of fused-ring (bicyclic) bond motifs is 3. The van der Waals surface area contributed by atoms with Gasteiger partial charge in [-0.25, -0.2) is 8.78 Å². The fourth-order valence-corrected chi connectivity index (χ4v) is 5.90. The minimum Gasteiger partial charge on any atom is -0.356 e. The van der Waals surface area contributed by atoms with E-state index in [0.29, 0.717) is 32.2 Å². The van der Waals surface area contributed by atoms with Gasteiger partial charge in [-0.05, 0) is 44.4 Å². The third kappa shape index (κ3) is 6.02. The van der Waals surface area contributed by atoms with Crippen LogP contribution in [0.15, 0.2) is 0 Å². The minimum atomic E-state index is -5.25. The van der Waals surface area contributed by atoms with Crippen LogP contribution < -0.4 is 16.0 Å². The van der Waals surface area contributed by atoms with E-state index >= 15 is 0 Å². The summed E-state index contributed by atoms with van der Waals surface area (Å²) in [6.07, 6.45) is -3.65. The van der Waals surface area contributed by atoms with Gasteiger partial charge in [0.1, 0.15) is 18.1 Å². The highest BCUT2D eigenvalue weighted by atomic mass is 19.4. The van der Waals surface area contributed by atoms with Crippen molar-refractivity contribution < 1.29 is 41.1 Å². The Morgan fingerprint density at radius 3 is 2.39 bits per heavy atom. The maximum Gasteiger partial charge on any atom is 0.471 e. The molecule has 5 rings (SSSR count). The van der Waals surface area contributed by atoms with Crippen molar-refractivity contribution in [3.05, 3.63) is 0 Å². The fourth-order valence-electron chi connectivity index (χ4n) is 5.90. The number of carbonyl (C=O) groups excluding carboxylic acids is 4. The lowest BCUT2D eigenvalue weighted by Crippen LogP contribution is -2.71. The molecule has 5 aliphatic rings. The van der Waals surface area contributed by atoms with Crippen LogP contribution in [0, 0.1) is 29.1 Å². The smallest absolute Gasteiger partial charge is 0.356 e. The number of amides is 4. The molecule has 3 aliphatic heterocycles. The van der Waals surface area contributed by atoms with Crippen LogP contribution in [-0.4, -0.2) is 71.3 Å². The van der Waals surface area contributed by atoms with Gasteiger partial charge in [0.15, 0.2) is 0 Å². The molecule has 0 aromatic heterocycles. The van der Waals surface area contributed by atoms with Crippen molar-refractivity contribution in [2.75, 3.05) is 6.54 Å². The molecule has 6 atom stereocenters. The van der Waals surface area contributed by atoms with Crippen molar-refractivity contribution in [1.29, 1.82) is 5.26 Å². The summed E-state index contributed by atoms with van der Waals surface area (Å²) in [5.41, 5.74) is 0. The Kier molecular flexibility index (Phi) is 7.86. The molecule has 0 unspecified atom stereocenters. The molecule has 0 aromatic carbocycles. The Morgan fingerprint density at radius 2 is 1.82 bits per heavy atom. The molecule has 3 saturated heterocycles. The van der Waals surface area contributed by atoms with E-state index in [4.69, 9.17) is 0 Å². The first-order valence-corrected chi connectivity index (χ1v) is 12.9. The summed E-state index contributed by atoms with van der Waals surface area (Å²) in [5, 5.41) is 16.4. The zero-order valence-electron chi connectivity index (χ0n) is 20.5. The number of hydrogen-bond acceptors (Lipinski definition) is 5. The van der Waals surface area contributed by atoms with Gasteiger partial charge in [0.05, 0.1) is 12.0 Å². The summed E-state index contributed by atoms with van der Waals surface area (Å²) in [4.78, 5) is 51.6. The number of halogens is 5. The molecule has 2 aliphatic carbocycles. The van der Waals surface area contributed by atoms with Crippen molar-refractivity contribution in [2.24, 2.45) is 17.8 Å². The largest absolute Gasteiger partial charge is 0.471 e. The standard InChI is InChI=1S/C24H30F5N5O4/c25-23(26)10-15-5-6-16(23)18(20(36)32-14(11-30)9-13-2-1-7-31-19(13)35)34(15)21(37)17(8-12-3-4-12)33-22(38)24(27,28)29/h12-18H,1-10H2,(H,31,35)(H,32,36)(H,33,38)/t13-,14+,15+,16+,17+,18-/m1/s1. The lowest BCUT2D eigenvalue weighted by atomic mass is 9.71. The molecular weight excluding hydrogens is 517 g/mol. The maximum atomic E-state index is 14.9. The zero-order chi connectivity index (χ0) is 27.8. The number of rotatable bonds is 8. The van der Waals surface area contributed by atoms with Crippen molar-refractivity contribution in [2.45, 2.75) is 94.1 Å². The van der Waals surface area contributed by atoms with Crippen LogP contribution in [0.4, 0.5) is 22.0 Å². The number of piperidine rings is 3. The molecule has 2 bridgehead atoms. The monoisotopic (exact) mass is 547 g/mol. The Hall–Kier alpha value is -2.98. The summed E-state index contributed by atoms with van der Waals surface area (Å²) >= 11 is 0. The van der Waals surface area contributed by atoms with Gasteiger partial charge in [-0.3, -0.25) is 19.2 Å². The normalized spacial score (nSPS) is 30.0. The Morgan fingerprint density at radius 1 is 1.11 bits per heavy atom. The zero-order valence-corrected chi connectivity index (χ0v) is 20.5. The minimum absolute atomic E-state index is 0.0504. The first-order chi connectivity index (χ1) is 17.8. The molecule has 2 saturated carbocycles. The molecule has 0 spiro atoms. The van der Waals surface area contributed by atoms with Crippen LogP contribution in [0.1, 0.15) is 57.8 Å². The van der Waals surface area contributed by atoms with E-state index in [0.717, 1.165) is 4.90 Å². The Labute approximate surface area is 215 Å². The predicted octanol–water partition coefficient (Wildman–Crippen LogP) is 1.77. The molecule has 3 N–H and O–H groups in total. The Bertz CT molecular complexity index is 1010. The summed E-state index contributed by atoms with van der Waals surface area (Å²) in [6.45, 7) is 0.489. The first kappa shape index (κ1) is 28.0. The molecular formula is C24H30F5N5O4. The molecule has 0 radical (unpaired) electrons. The Balaban J connectivity index is 1.56. The second kappa shape index (κ2) is 10.6. The summed E-state index contributed by atoms with van der Waals surface area (Å²) in [6, 6.07) is -3.81. The van der Waals surface area contributed by atoms with E-state index in [1.165, 1.54) is 0 Å². The van der Waals surface area contributed by atoms with Crippen LogP contribution >= 0.6 is 0 Å². The van der Waals surface area contributed by atoms with Crippen LogP contribution in [-0.2, 0) is 19.2 Å². The van der Waals surface area contributed by atoms with Gasteiger partial charge in [-0.15, -0.1) is 0 Å². The first-order valence-electron chi connectivity index (χ1n) is 12.9.